The number of nitrogens with zero attached hydrogens (tertiary/aromatic N) is 3. The molecule has 1 aromatic carbocycles. The zero-order chi connectivity index (χ0) is 17.1. The number of carbonyl (C=O) groups excluding carboxylic acids is 2. The number of carbonyl (C=O) groups is 2. The normalized spacial score (nSPS) is 15.6. The van der Waals surface area contributed by atoms with E-state index in [9.17, 15) is 14.0 Å². The second kappa shape index (κ2) is 6.82. The summed E-state index contributed by atoms with van der Waals surface area (Å²) in [4.78, 5) is 25.2. The van der Waals surface area contributed by atoms with Gasteiger partial charge in [0.25, 0.3) is 0 Å². The van der Waals surface area contributed by atoms with Crippen LogP contribution in [-0.2, 0) is 9.59 Å². The molecule has 2 amide bonds. The van der Waals surface area contributed by atoms with Crippen LogP contribution in [0.15, 0.2) is 36.7 Å². The number of likely N-dealkylation sites (tertiary alicyclic amines) is 1. The van der Waals surface area contributed by atoms with E-state index in [1.54, 1.807) is 35.5 Å². The first-order valence-corrected chi connectivity index (χ1v) is 7.91. The fourth-order valence-corrected chi connectivity index (χ4v) is 2.74. The quantitative estimate of drug-likeness (QED) is 0.909. The Bertz CT molecular complexity index is 759. The van der Waals surface area contributed by atoms with Gasteiger partial charge >= 0.3 is 0 Å². The van der Waals surface area contributed by atoms with Gasteiger partial charge in [-0.15, -0.1) is 0 Å². The van der Waals surface area contributed by atoms with E-state index in [1.807, 2.05) is 6.92 Å². The van der Waals surface area contributed by atoms with E-state index in [-0.39, 0.29) is 30.2 Å². The maximum Gasteiger partial charge on any atom is 0.240 e. The van der Waals surface area contributed by atoms with Gasteiger partial charge in [0.1, 0.15) is 11.5 Å². The molecule has 1 fully saturated rings. The number of amides is 2. The molecule has 7 heteroatoms. The van der Waals surface area contributed by atoms with Gasteiger partial charge in [0.15, 0.2) is 0 Å². The summed E-state index contributed by atoms with van der Waals surface area (Å²) in [5, 5.41) is 6.99. The summed E-state index contributed by atoms with van der Waals surface area (Å²) in [7, 11) is 0. The van der Waals surface area contributed by atoms with Crippen molar-refractivity contribution in [3.8, 4) is 5.69 Å². The molecule has 1 atom stereocenters. The number of aromatic nitrogens is 2. The molecular weight excluding hydrogens is 311 g/mol. The molecular formula is C17H19FN4O2. The van der Waals surface area contributed by atoms with Gasteiger partial charge in [0, 0.05) is 24.7 Å². The molecule has 2 aromatic rings. The highest BCUT2D eigenvalue weighted by Gasteiger charge is 2.23. The van der Waals surface area contributed by atoms with E-state index in [0.29, 0.717) is 18.7 Å². The van der Waals surface area contributed by atoms with E-state index in [2.05, 4.69) is 10.4 Å². The smallest absolute Gasteiger partial charge is 0.240 e. The molecule has 0 radical (unpaired) electrons. The zero-order valence-electron chi connectivity index (χ0n) is 13.4. The third-order valence-corrected chi connectivity index (χ3v) is 4.09. The lowest BCUT2D eigenvalue weighted by atomic mass is 10.2. The van der Waals surface area contributed by atoms with Crippen molar-refractivity contribution >= 4 is 11.8 Å². The van der Waals surface area contributed by atoms with Crippen molar-refractivity contribution in [1.29, 1.82) is 0 Å². The van der Waals surface area contributed by atoms with Crippen molar-refractivity contribution < 1.29 is 14.0 Å². The van der Waals surface area contributed by atoms with Crippen LogP contribution < -0.4 is 5.32 Å². The fourth-order valence-electron chi connectivity index (χ4n) is 2.74. The van der Waals surface area contributed by atoms with E-state index >= 15 is 0 Å². The van der Waals surface area contributed by atoms with Crippen LogP contribution in [0, 0.1) is 5.82 Å². The predicted octanol–water partition coefficient (Wildman–Crippen LogP) is 1.81. The van der Waals surface area contributed by atoms with Crippen LogP contribution in [-0.4, -0.2) is 39.6 Å². The molecule has 1 saturated heterocycles. The first kappa shape index (κ1) is 16.2. The minimum Gasteiger partial charge on any atom is -0.348 e. The average Bonchev–Trinajstić information content (AvgIpc) is 3.18. The molecule has 6 nitrogen and oxygen atoms in total. The van der Waals surface area contributed by atoms with Crippen LogP contribution in [0.1, 0.15) is 31.4 Å². The Labute approximate surface area is 139 Å². The maximum absolute atomic E-state index is 13.8. The first-order chi connectivity index (χ1) is 11.5. The second-order valence-electron chi connectivity index (χ2n) is 5.88. The molecule has 126 valence electrons. The lowest BCUT2D eigenvalue weighted by Crippen LogP contribution is -2.38. The van der Waals surface area contributed by atoms with E-state index < -0.39 is 0 Å². The van der Waals surface area contributed by atoms with Crippen LogP contribution in [0.4, 0.5) is 4.39 Å². The molecule has 1 aromatic heterocycles. The highest BCUT2D eigenvalue weighted by Crippen LogP contribution is 2.17. The van der Waals surface area contributed by atoms with E-state index in [0.717, 1.165) is 12.0 Å². The standard InChI is InChI=1S/C17H19FN4O2/c1-12(20-16(23)11-21-8-4-7-17(21)24)13-9-19-22(10-13)15-6-3-2-5-14(15)18/h2-3,5-6,9-10,12H,4,7-8,11H2,1H3,(H,20,23)/t12-/m1/s1. The Morgan fingerprint density at radius 1 is 1.42 bits per heavy atom. The third kappa shape index (κ3) is 3.45. The number of benzene rings is 1. The zero-order valence-corrected chi connectivity index (χ0v) is 13.4. The van der Waals surface area contributed by atoms with Gasteiger partial charge in [-0.25, -0.2) is 9.07 Å². The molecule has 1 N–H and O–H groups in total. The third-order valence-electron chi connectivity index (χ3n) is 4.09. The van der Waals surface area contributed by atoms with Crippen molar-refractivity contribution in [2.45, 2.75) is 25.8 Å². The molecule has 0 aliphatic carbocycles. The van der Waals surface area contributed by atoms with Gasteiger partial charge in [-0.3, -0.25) is 9.59 Å². The van der Waals surface area contributed by atoms with E-state index in [4.69, 9.17) is 0 Å². The summed E-state index contributed by atoms with van der Waals surface area (Å²) < 4.78 is 15.2. The Morgan fingerprint density at radius 3 is 2.92 bits per heavy atom. The summed E-state index contributed by atoms with van der Waals surface area (Å²) in [5.41, 5.74) is 1.12. The number of hydrogen-bond donors (Lipinski definition) is 1. The molecule has 2 heterocycles. The van der Waals surface area contributed by atoms with Crippen LogP contribution >= 0.6 is 0 Å². The minimum absolute atomic E-state index is 0.0187. The number of hydrogen-bond acceptors (Lipinski definition) is 3. The number of para-hydroxylation sites is 1. The van der Waals surface area contributed by atoms with Gasteiger partial charge in [-0.1, -0.05) is 12.1 Å². The summed E-state index contributed by atoms with van der Waals surface area (Å²) in [5.74, 6) is -0.557. The molecule has 0 bridgehead atoms. The SMILES string of the molecule is C[C@@H](NC(=O)CN1CCCC1=O)c1cnn(-c2ccccc2F)c1. The van der Waals surface area contributed by atoms with Gasteiger partial charge in [0.2, 0.25) is 11.8 Å². The highest BCUT2D eigenvalue weighted by molar-refractivity contribution is 5.86. The predicted molar refractivity (Wildman–Crippen MR) is 85.9 cm³/mol. The van der Waals surface area contributed by atoms with Gasteiger partial charge in [-0.05, 0) is 25.5 Å². The Hall–Kier alpha value is -2.70. The lowest BCUT2D eigenvalue weighted by molar-refractivity contribution is -0.133. The minimum atomic E-state index is -0.364. The average molecular weight is 330 g/mol. The summed E-state index contributed by atoms with van der Waals surface area (Å²) in [6.07, 6.45) is 4.60. The van der Waals surface area contributed by atoms with Gasteiger partial charge in [-0.2, -0.15) is 5.10 Å². The van der Waals surface area contributed by atoms with Gasteiger partial charge in [0.05, 0.1) is 18.8 Å². The molecule has 0 saturated carbocycles. The second-order valence-corrected chi connectivity index (χ2v) is 5.88. The van der Waals surface area contributed by atoms with E-state index in [1.165, 1.54) is 10.7 Å². The Kier molecular flexibility index (Phi) is 4.59. The van der Waals surface area contributed by atoms with Crippen molar-refractivity contribution in [1.82, 2.24) is 20.0 Å². The number of nitrogens with one attached hydrogen (secondary N) is 1. The Morgan fingerprint density at radius 2 is 2.21 bits per heavy atom. The van der Waals surface area contributed by atoms with Crippen LogP contribution in [0.2, 0.25) is 0 Å². The highest BCUT2D eigenvalue weighted by atomic mass is 19.1. The number of halogens is 1. The van der Waals surface area contributed by atoms with Crippen LogP contribution in [0.3, 0.4) is 0 Å². The molecule has 1 aliphatic rings. The lowest BCUT2D eigenvalue weighted by Gasteiger charge is -2.17. The molecule has 0 unspecified atom stereocenters. The Balaban J connectivity index is 1.63. The molecule has 3 rings (SSSR count). The van der Waals surface area contributed by atoms with Crippen molar-refractivity contribution in [3.05, 3.63) is 48.0 Å². The van der Waals surface area contributed by atoms with Crippen LogP contribution in [0.5, 0.6) is 0 Å². The summed E-state index contributed by atoms with van der Waals surface area (Å²) >= 11 is 0. The molecule has 0 spiro atoms. The van der Waals surface area contributed by atoms with Crippen molar-refractivity contribution in [2.24, 2.45) is 0 Å². The summed E-state index contributed by atoms with van der Waals surface area (Å²) in [6.45, 7) is 2.53. The van der Waals surface area contributed by atoms with Crippen molar-refractivity contribution in [3.63, 3.8) is 0 Å². The van der Waals surface area contributed by atoms with Crippen LogP contribution in [0.25, 0.3) is 5.69 Å². The largest absolute Gasteiger partial charge is 0.348 e. The monoisotopic (exact) mass is 330 g/mol. The molecule has 24 heavy (non-hydrogen) atoms. The fraction of sp³-hybridized carbons (Fsp3) is 0.353. The van der Waals surface area contributed by atoms with Crippen molar-refractivity contribution in [2.75, 3.05) is 13.1 Å². The maximum atomic E-state index is 13.8. The first-order valence-electron chi connectivity index (χ1n) is 7.91. The topological polar surface area (TPSA) is 67.2 Å². The number of rotatable bonds is 5. The summed E-state index contributed by atoms with van der Waals surface area (Å²) in [6, 6.07) is 6.07. The van der Waals surface area contributed by atoms with Gasteiger partial charge < -0.3 is 10.2 Å². The molecule has 1 aliphatic heterocycles.